The molecule has 34 heavy (non-hydrogen) atoms. The van der Waals surface area contributed by atoms with Crippen molar-refractivity contribution in [3.05, 3.63) is 102 Å². The number of aliphatic hydroxyl groups is 1. The number of hydrogen-bond donors (Lipinski definition) is 1. The van der Waals surface area contributed by atoms with Crippen molar-refractivity contribution < 1.29 is 9.50 Å². The summed E-state index contributed by atoms with van der Waals surface area (Å²) in [6, 6.07) is 24.2. The Balaban J connectivity index is 1.36. The third-order valence-electron chi connectivity index (χ3n) is 6.68. The van der Waals surface area contributed by atoms with E-state index in [0.29, 0.717) is 12.5 Å². The summed E-state index contributed by atoms with van der Waals surface area (Å²) in [5.41, 5.74) is 2.87. The maximum Gasteiger partial charge on any atom is 0.153 e. The third kappa shape index (κ3) is 4.79. The van der Waals surface area contributed by atoms with E-state index in [4.69, 9.17) is 5.10 Å². The molecular weight excluding hydrogens is 427 g/mol. The Kier molecular flexibility index (Phi) is 6.26. The van der Waals surface area contributed by atoms with E-state index in [1.165, 1.54) is 12.1 Å². The van der Waals surface area contributed by atoms with Crippen LogP contribution in [0.1, 0.15) is 36.9 Å². The van der Waals surface area contributed by atoms with E-state index in [-0.39, 0.29) is 5.82 Å². The highest BCUT2D eigenvalue weighted by Gasteiger charge is 2.30. The number of hydrogen-bond acceptors (Lipinski definition) is 4. The topological polar surface area (TPSA) is 54.2 Å². The van der Waals surface area contributed by atoms with Gasteiger partial charge in [-0.1, -0.05) is 36.4 Å². The summed E-state index contributed by atoms with van der Waals surface area (Å²) in [7, 11) is 0. The molecule has 1 unspecified atom stereocenters. The van der Waals surface area contributed by atoms with Gasteiger partial charge in [0.05, 0.1) is 11.3 Å². The predicted molar refractivity (Wildman–Crippen MR) is 131 cm³/mol. The van der Waals surface area contributed by atoms with E-state index in [2.05, 4.69) is 16.0 Å². The number of likely N-dealkylation sites (tertiary alicyclic amines) is 1. The minimum absolute atomic E-state index is 0.258. The van der Waals surface area contributed by atoms with Gasteiger partial charge < -0.3 is 10.0 Å². The summed E-state index contributed by atoms with van der Waals surface area (Å²) in [5, 5.41) is 15.9. The SMILES string of the molecule is CC(O)(CN1CCC(c2cc(-c3ccc(F)cc3)nn2-c2ccccn2)CC1)c1ccccc1. The molecule has 1 fully saturated rings. The highest BCUT2D eigenvalue weighted by molar-refractivity contribution is 5.60. The number of aromatic nitrogens is 3. The molecule has 5 rings (SSSR count). The van der Waals surface area contributed by atoms with Crippen LogP contribution >= 0.6 is 0 Å². The van der Waals surface area contributed by atoms with Crippen molar-refractivity contribution in [2.75, 3.05) is 19.6 Å². The van der Waals surface area contributed by atoms with Crippen LogP contribution in [0.2, 0.25) is 0 Å². The number of pyridine rings is 1. The zero-order valence-electron chi connectivity index (χ0n) is 19.3. The second-order valence-electron chi connectivity index (χ2n) is 9.25. The molecule has 0 amide bonds. The Morgan fingerprint density at radius 1 is 0.971 bits per heavy atom. The Bertz CT molecular complexity index is 1210. The fraction of sp³-hybridized carbons (Fsp3) is 0.286. The van der Waals surface area contributed by atoms with Crippen molar-refractivity contribution in [1.82, 2.24) is 19.7 Å². The molecule has 0 aliphatic carbocycles. The van der Waals surface area contributed by atoms with Gasteiger partial charge in [-0.25, -0.2) is 14.1 Å². The van der Waals surface area contributed by atoms with Crippen molar-refractivity contribution in [2.45, 2.75) is 31.3 Å². The molecule has 0 radical (unpaired) electrons. The lowest BCUT2D eigenvalue weighted by molar-refractivity contribution is 0.00865. The van der Waals surface area contributed by atoms with Gasteiger partial charge in [-0.05, 0) is 80.9 Å². The molecule has 1 atom stereocenters. The maximum atomic E-state index is 13.4. The Morgan fingerprint density at radius 3 is 2.35 bits per heavy atom. The van der Waals surface area contributed by atoms with Crippen molar-refractivity contribution in [1.29, 1.82) is 0 Å². The highest BCUT2D eigenvalue weighted by atomic mass is 19.1. The molecule has 174 valence electrons. The first-order valence-electron chi connectivity index (χ1n) is 11.8. The number of nitrogens with zero attached hydrogens (tertiary/aromatic N) is 4. The van der Waals surface area contributed by atoms with Gasteiger partial charge in [-0.3, -0.25) is 0 Å². The normalized spacial score (nSPS) is 16.9. The lowest BCUT2D eigenvalue weighted by Crippen LogP contribution is -2.42. The van der Waals surface area contributed by atoms with Gasteiger partial charge in [-0.15, -0.1) is 0 Å². The quantitative estimate of drug-likeness (QED) is 0.435. The van der Waals surface area contributed by atoms with Gasteiger partial charge in [0.15, 0.2) is 5.82 Å². The molecule has 5 nitrogen and oxygen atoms in total. The number of halogens is 1. The maximum absolute atomic E-state index is 13.4. The van der Waals surface area contributed by atoms with Crippen molar-refractivity contribution in [2.24, 2.45) is 0 Å². The molecule has 0 bridgehead atoms. The van der Waals surface area contributed by atoms with E-state index in [9.17, 15) is 9.50 Å². The van der Waals surface area contributed by atoms with Crippen LogP contribution < -0.4 is 0 Å². The lowest BCUT2D eigenvalue weighted by atomic mass is 9.90. The predicted octanol–water partition coefficient (Wildman–Crippen LogP) is 5.16. The highest BCUT2D eigenvalue weighted by Crippen LogP contribution is 2.33. The first-order chi connectivity index (χ1) is 16.5. The molecular formula is C28H29FN4O. The van der Waals surface area contributed by atoms with Crippen molar-refractivity contribution in [3.8, 4) is 17.1 Å². The molecule has 2 aromatic heterocycles. The second-order valence-corrected chi connectivity index (χ2v) is 9.25. The molecule has 0 saturated carbocycles. The van der Waals surface area contributed by atoms with Crippen LogP contribution in [-0.4, -0.2) is 44.4 Å². The van der Waals surface area contributed by atoms with Gasteiger partial charge >= 0.3 is 0 Å². The first kappa shape index (κ1) is 22.4. The van der Waals surface area contributed by atoms with E-state index in [1.807, 2.05) is 60.1 Å². The number of β-amino-alcohol motifs (C(OH)–C–C–N with tert-alkyl or cyclic N) is 1. The van der Waals surface area contributed by atoms with E-state index in [0.717, 1.165) is 54.3 Å². The van der Waals surface area contributed by atoms with Gasteiger partial charge in [0.2, 0.25) is 0 Å². The van der Waals surface area contributed by atoms with E-state index < -0.39 is 5.60 Å². The van der Waals surface area contributed by atoms with Crippen molar-refractivity contribution in [3.63, 3.8) is 0 Å². The number of piperidine rings is 1. The summed E-state index contributed by atoms with van der Waals surface area (Å²) in [5.74, 6) is 0.842. The Labute approximate surface area is 199 Å². The fourth-order valence-electron chi connectivity index (χ4n) is 4.82. The molecule has 3 heterocycles. The molecule has 1 aliphatic heterocycles. The van der Waals surface area contributed by atoms with Gasteiger partial charge in [-0.2, -0.15) is 5.10 Å². The lowest BCUT2D eigenvalue weighted by Gasteiger charge is -2.37. The van der Waals surface area contributed by atoms with Crippen LogP contribution in [0.25, 0.3) is 17.1 Å². The summed E-state index contributed by atoms with van der Waals surface area (Å²) < 4.78 is 15.4. The zero-order chi connectivity index (χ0) is 23.5. The molecule has 1 aliphatic rings. The fourth-order valence-corrected chi connectivity index (χ4v) is 4.82. The minimum atomic E-state index is -0.889. The standard InChI is InChI=1S/C28H29FN4O/c1-28(34,23-7-3-2-4-8-23)20-32-17-14-22(15-18-32)26-19-25(21-10-12-24(29)13-11-21)31-33(26)27-9-5-6-16-30-27/h2-13,16,19,22,34H,14-15,17-18,20H2,1H3. The van der Waals surface area contributed by atoms with Crippen LogP contribution in [0.15, 0.2) is 85.1 Å². The van der Waals surface area contributed by atoms with Crippen molar-refractivity contribution >= 4 is 0 Å². The second kappa shape index (κ2) is 9.49. The van der Waals surface area contributed by atoms with E-state index >= 15 is 0 Å². The smallest absolute Gasteiger partial charge is 0.153 e. The average Bonchev–Trinajstić information content (AvgIpc) is 3.31. The summed E-state index contributed by atoms with van der Waals surface area (Å²) in [6.45, 7) is 4.28. The molecule has 4 aromatic rings. The monoisotopic (exact) mass is 456 g/mol. The molecule has 1 N–H and O–H groups in total. The Morgan fingerprint density at radius 2 is 1.68 bits per heavy atom. The van der Waals surface area contributed by atoms with Crippen LogP contribution in [-0.2, 0) is 5.60 Å². The third-order valence-corrected chi connectivity index (χ3v) is 6.68. The summed E-state index contributed by atoms with van der Waals surface area (Å²) >= 11 is 0. The molecule has 6 heteroatoms. The van der Waals surface area contributed by atoms with E-state index in [1.54, 1.807) is 18.3 Å². The average molecular weight is 457 g/mol. The molecule has 1 saturated heterocycles. The van der Waals surface area contributed by atoms with Crippen LogP contribution in [0.4, 0.5) is 4.39 Å². The molecule has 2 aromatic carbocycles. The Hall–Kier alpha value is -3.35. The van der Waals surface area contributed by atoms with Crippen LogP contribution in [0.3, 0.4) is 0 Å². The summed E-state index contributed by atoms with van der Waals surface area (Å²) in [4.78, 5) is 6.86. The van der Waals surface area contributed by atoms with Gasteiger partial charge in [0.1, 0.15) is 5.82 Å². The largest absolute Gasteiger partial charge is 0.384 e. The number of benzene rings is 2. The first-order valence-corrected chi connectivity index (χ1v) is 11.8. The number of rotatable bonds is 6. The molecule has 0 spiro atoms. The van der Waals surface area contributed by atoms with Gasteiger partial charge in [0, 0.05) is 29.9 Å². The van der Waals surface area contributed by atoms with Crippen LogP contribution in [0.5, 0.6) is 0 Å². The zero-order valence-corrected chi connectivity index (χ0v) is 19.3. The van der Waals surface area contributed by atoms with Gasteiger partial charge in [0.25, 0.3) is 0 Å². The van der Waals surface area contributed by atoms with Crippen LogP contribution in [0, 0.1) is 5.82 Å². The summed E-state index contributed by atoms with van der Waals surface area (Å²) in [6.07, 6.45) is 3.70. The minimum Gasteiger partial charge on any atom is -0.384 e.